The summed E-state index contributed by atoms with van der Waals surface area (Å²) in [4.78, 5) is 18.0. The monoisotopic (exact) mass is 442 g/mol. The van der Waals surface area contributed by atoms with Crippen LogP contribution in [0, 0.1) is 17.8 Å². The Hall–Kier alpha value is -4.32. The second-order valence-corrected chi connectivity index (χ2v) is 7.80. The molecule has 1 aliphatic heterocycles. The van der Waals surface area contributed by atoms with E-state index in [0.717, 1.165) is 27.9 Å². The summed E-state index contributed by atoms with van der Waals surface area (Å²) in [5.74, 6) is 7.22. The first-order chi connectivity index (χ1) is 16.1. The fourth-order valence-electron chi connectivity index (χ4n) is 3.67. The van der Waals surface area contributed by atoms with E-state index in [1.165, 1.54) is 0 Å². The highest BCUT2D eigenvalue weighted by Gasteiger charge is 2.30. The summed E-state index contributed by atoms with van der Waals surface area (Å²) in [5, 5.41) is 8.68. The Labute approximate surface area is 190 Å². The van der Waals surface area contributed by atoms with Crippen molar-refractivity contribution in [3.8, 4) is 28.7 Å². The van der Waals surface area contributed by atoms with Gasteiger partial charge in [0.15, 0.2) is 0 Å². The van der Waals surface area contributed by atoms with E-state index in [4.69, 9.17) is 9.47 Å². The fraction of sp³-hybridized carbons (Fsp3) is 0.250. The molecule has 0 saturated carbocycles. The molecule has 0 atom stereocenters. The Morgan fingerprint density at radius 3 is 2.79 bits per heavy atom. The Morgan fingerprint density at radius 1 is 1.18 bits per heavy atom. The zero-order chi connectivity index (χ0) is 22.8. The number of amides is 1. The molecule has 1 amide bonds. The molecule has 5 rings (SSSR count). The van der Waals surface area contributed by atoms with E-state index in [0.29, 0.717) is 18.8 Å². The number of aryl methyl sites for hydroxylation is 1. The van der Waals surface area contributed by atoms with E-state index >= 15 is 0 Å². The number of ether oxygens (including phenoxy) is 2. The van der Waals surface area contributed by atoms with Crippen molar-refractivity contribution in [2.45, 2.75) is 6.61 Å². The molecular weight excluding hydrogens is 420 g/mol. The van der Waals surface area contributed by atoms with Gasteiger partial charge in [-0.2, -0.15) is 10.2 Å². The maximum absolute atomic E-state index is 12.2. The molecule has 5 heterocycles. The summed E-state index contributed by atoms with van der Waals surface area (Å²) in [6.45, 7) is 1.24. The van der Waals surface area contributed by atoms with Crippen LogP contribution in [0.15, 0.2) is 55.2 Å². The van der Waals surface area contributed by atoms with Crippen LogP contribution in [-0.2, 0) is 18.4 Å². The number of methoxy groups -OCH3 is 1. The Bertz CT molecular complexity index is 1360. The first-order valence-electron chi connectivity index (χ1n) is 10.5. The van der Waals surface area contributed by atoms with Crippen LogP contribution >= 0.6 is 0 Å². The molecule has 9 heteroatoms. The molecule has 9 nitrogen and oxygen atoms in total. The molecular formula is C24H22N6O3. The van der Waals surface area contributed by atoms with Crippen LogP contribution in [0.2, 0.25) is 0 Å². The minimum Gasteiger partial charge on any atom is -0.494 e. The Morgan fingerprint density at radius 2 is 2.06 bits per heavy atom. The number of nitrogens with zero attached hydrogens (tertiary/aromatic N) is 6. The molecule has 4 aromatic heterocycles. The Kier molecular flexibility index (Phi) is 5.40. The van der Waals surface area contributed by atoms with Crippen molar-refractivity contribution in [1.82, 2.24) is 29.3 Å². The first-order valence-corrected chi connectivity index (χ1v) is 10.5. The lowest BCUT2D eigenvalue weighted by Gasteiger charge is -2.35. The first kappa shape index (κ1) is 20.6. The maximum Gasteiger partial charge on any atom is 0.410 e. The number of hydrogen-bond acceptors (Lipinski definition) is 6. The number of rotatable bonds is 4. The van der Waals surface area contributed by atoms with Gasteiger partial charge in [0, 0.05) is 49.9 Å². The molecule has 0 aromatic carbocycles. The smallest absolute Gasteiger partial charge is 0.410 e. The standard InChI is InChI=1S/C24H22N6O3/c1-28-14-20(11-26-28)19-9-22(32-2)23-18(10-27-30(23)15-19)7-6-17-12-29(13-17)24(31)33-16-21-5-3-4-8-25-21/h3-5,8-11,14-15,17H,12-13,16H2,1-2H3. The van der Waals surface area contributed by atoms with Crippen LogP contribution in [-0.4, -0.2) is 55.6 Å². The number of carbonyl (C=O) groups is 1. The summed E-state index contributed by atoms with van der Waals surface area (Å²) in [7, 11) is 3.51. The molecule has 0 radical (unpaired) electrons. The van der Waals surface area contributed by atoms with E-state index < -0.39 is 0 Å². The van der Waals surface area contributed by atoms with Crippen LogP contribution in [0.1, 0.15) is 11.3 Å². The molecule has 1 aliphatic rings. The average Bonchev–Trinajstić information content (AvgIpc) is 3.43. The third-order valence-corrected chi connectivity index (χ3v) is 5.46. The largest absolute Gasteiger partial charge is 0.494 e. The average molecular weight is 442 g/mol. The Balaban J connectivity index is 1.25. The zero-order valence-electron chi connectivity index (χ0n) is 18.3. The predicted octanol–water partition coefficient (Wildman–Crippen LogP) is 2.76. The van der Waals surface area contributed by atoms with Crippen molar-refractivity contribution in [3.63, 3.8) is 0 Å². The van der Waals surface area contributed by atoms with Gasteiger partial charge in [0.25, 0.3) is 0 Å². The van der Waals surface area contributed by atoms with Gasteiger partial charge in [-0.05, 0) is 18.2 Å². The molecule has 0 aliphatic carbocycles. The molecule has 0 N–H and O–H groups in total. The van der Waals surface area contributed by atoms with Gasteiger partial charge in [-0.3, -0.25) is 9.67 Å². The summed E-state index contributed by atoms with van der Waals surface area (Å²) >= 11 is 0. The number of fused-ring (bicyclic) bond motifs is 1. The summed E-state index contributed by atoms with van der Waals surface area (Å²) < 4.78 is 14.5. The molecule has 1 fully saturated rings. The van der Waals surface area contributed by atoms with E-state index in [2.05, 4.69) is 27.0 Å². The summed E-state index contributed by atoms with van der Waals surface area (Å²) in [6.07, 6.45) is 8.73. The number of aromatic nitrogens is 5. The van der Waals surface area contributed by atoms with Crippen molar-refractivity contribution >= 4 is 11.6 Å². The highest BCUT2D eigenvalue weighted by Crippen LogP contribution is 2.29. The minimum absolute atomic E-state index is 0.0861. The molecule has 1 saturated heterocycles. The SMILES string of the molecule is COc1cc(-c2cnn(C)c2)cn2ncc(C#CC3CN(C(=O)OCc4ccccn4)C3)c12. The van der Waals surface area contributed by atoms with E-state index in [1.807, 2.05) is 43.7 Å². The van der Waals surface area contributed by atoms with E-state index in [9.17, 15) is 4.79 Å². The highest BCUT2D eigenvalue weighted by molar-refractivity contribution is 5.75. The molecule has 0 bridgehead atoms. The van der Waals surface area contributed by atoms with Crippen LogP contribution in [0.5, 0.6) is 5.75 Å². The lowest BCUT2D eigenvalue weighted by Crippen LogP contribution is -2.49. The van der Waals surface area contributed by atoms with Gasteiger partial charge in [-0.25, -0.2) is 9.31 Å². The molecule has 166 valence electrons. The van der Waals surface area contributed by atoms with E-state index in [1.54, 1.807) is 39.8 Å². The van der Waals surface area contributed by atoms with Gasteiger partial charge in [-0.1, -0.05) is 17.9 Å². The van der Waals surface area contributed by atoms with E-state index in [-0.39, 0.29) is 18.6 Å². The minimum atomic E-state index is -0.348. The second kappa shape index (κ2) is 8.67. The second-order valence-electron chi connectivity index (χ2n) is 7.80. The topological polar surface area (TPSA) is 86.8 Å². The van der Waals surface area contributed by atoms with Gasteiger partial charge in [0.1, 0.15) is 17.9 Å². The number of pyridine rings is 2. The molecule has 0 spiro atoms. The van der Waals surface area contributed by atoms with Crippen LogP contribution in [0.4, 0.5) is 4.79 Å². The lowest BCUT2D eigenvalue weighted by atomic mass is 10.0. The van der Waals surface area contributed by atoms with Crippen molar-refractivity contribution < 1.29 is 14.3 Å². The van der Waals surface area contributed by atoms with Crippen LogP contribution in [0.25, 0.3) is 16.6 Å². The highest BCUT2D eigenvalue weighted by atomic mass is 16.6. The fourth-order valence-corrected chi connectivity index (χ4v) is 3.67. The summed E-state index contributed by atoms with van der Waals surface area (Å²) in [6, 6.07) is 7.47. The molecule has 33 heavy (non-hydrogen) atoms. The third-order valence-electron chi connectivity index (χ3n) is 5.46. The maximum atomic E-state index is 12.2. The van der Waals surface area contributed by atoms with Gasteiger partial charge in [0.2, 0.25) is 0 Å². The molecule has 4 aromatic rings. The molecule has 0 unspecified atom stereocenters. The van der Waals surface area contributed by atoms with Crippen molar-refractivity contribution in [1.29, 1.82) is 0 Å². The van der Waals surface area contributed by atoms with Crippen molar-refractivity contribution in [3.05, 3.63) is 66.5 Å². The summed E-state index contributed by atoms with van der Waals surface area (Å²) in [5.41, 5.74) is 4.24. The van der Waals surface area contributed by atoms with Crippen LogP contribution < -0.4 is 4.74 Å². The zero-order valence-corrected chi connectivity index (χ0v) is 18.3. The predicted molar refractivity (Wildman–Crippen MR) is 120 cm³/mol. The van der Waals surface area contributed by atoms with Gasteiger partial charge in [0.05, 0.1) is 36.7 Å². The lowest BCUT2D eigenvalue weighted by molar-refractivity contribution is 0.0616. The van der Waals surface area contributed by atoms with Crippen LogP contribution in [0.3, 0.4) is 0 Å². The van der Waals surface area contributed by atoms with Crippen molar-refractivity contribution in [2.75, 3.05) is 20.2 Å². The van der Waals surface area contributed by atoms with Crippen molar-refractivity contribution in [2.24, 2.45) is 13.0 Å². The number of hydrogen-bond donors (Lipinski definition) is 0. The normalized spacial score (nSPS) is 13.3. The number of carbonyl (C=O) groups excluding carboxylic acids is 1. The quantitative estimate of drug-likeness (QED) is 0.452. The number of likely N-dealkylation sites (tertiary alicyclic amines) is 1. The van der Waals surface area contributed by atoms with Gasteiger partial charge >= 0.3 is 6.09 Å². The third kappa shape index (κ3) is 4.23. The van der Waals surface area contributed by atoms with Gasteiger partial charge in [-0.15, -0.1) is 0 Å². The van der Waals surface area contributed by atoms with Gasteiger partial charge < -0.3 is 14.4 Å².